The van der Waals surface area contributed by atoms with E-state index in [1.54, 1.807) is 17.7 Å². The molecule has 0 spiro atoms. The van der Waals surface area contributed by atoms with Crippen molar-refractivity contribution in [3.05, 3.63) is 68.7 Å². The zero-order valence-electron chi connectivity index (χ0n) is 19.9. The third-order valence-corrected chi connectivity index (χ3v) is 7.97. The molecule has 4 heterocycles. The molecule has 13 heteroatoms. The van der Waals surface area contributed by atoms with Gasteiger partial charge < -0.3 is 20.1 Å². The summed E-state index contributed by atoms with van der Waals surface area (Å²) in [6, 6.07) is 5.27. The summed E-state index contributed by atoms with van der Waals surface area (Å²) >= 11 is 1.38. The van der Waals surface area contributed by atoms with Gasteiger partial charge in [0.1, 0.15) is 23.5 Å². The van der Waals surface area contributed by atoms with Crippen LogP contribution < -0.4 is 5.32 Å². The van der Waals surface area contributed by atoms with E-state index in [0.29, 0.717) is 23.2 Å². The number of aliphatic hydroxyl groups is 1. The van der Waals surface area contributed by atoms with E-state index in [1.165, 1.54) is 40.5 Å². The molecular weight excluding hydrogens is 502 g/mol. The molecule has 12 nitrogen and oxygen atoms in total. The highest BCUT2D eigenvalue weighted by atomic mass is 32.1. The Bertz CT molecular complexity index is 1440. The number of ether oxygens (including phenoxy) is 1. The molecule has 3 aromatic rings. The highest BCUT2D eigenvalue weighted by Crippen LogP contribution is 2.51. The van der Waals surface area contributed by atoms with Gasteiger partial charge in [0, 0.05) is 29.8 Å². The fraction of sp³-hybridized carbons (Fsp3) is 0.333. The number of amides is 2. The van der Waals surface area contributed by atoms with Gasteiger partial charge in [0.25, 0.3) is 5.69 Å². The first-order chi connectivity index (χ1) is 17.7. The summed E-state index contributed by atoms with van der Waals surface area (Å²) in [5.74, 6) is -1.93. The second-order valence-electron chi connectivity index (χ2n) is 9.01. The molecule has 1 aromatic carbocycles. The summed E-state index contributed by atoms with van der Waals surface area (Å²) in [6.45, 7) is 3.58. The first kappa shape index (κ1) is 24.6. The fourth-order valence-corrected chi connectivity index (χ4v) is 6.26. The minimum absolute atomic E-state index is 0.0748. The predicted octanol–water partition coefficient (Wildman–Crippen LogP) is 1.86. The number of imidazole rings is 1. The van der Waals surface area contributed by atoms with Crippen molar-refractivity contribution in [3.63, 3.8) is 0 Å². The van der Waals surface area contributed by atoms with Crippen LogP contribution in [0.2, 0.25) is 0 Å². The van der Waals surface area contributed by atoms with Crippen LogP contribution in [0.15, 0.2) is 42.5 Å². The van der Waals surface area contributed by atoms with Gasteiger partial charge in [-0.25, -0.2) is 9.78 Å². The first-order valence-corrected chi connectivity index (χ1v) is 12.3. The molecular formula is C24H23N5O7S. The van der Waals surface area contributed by atoms with Crippen molar-refractivity contribution in [1.29, 1.82) is 0 Å². The molecule has 2 aliphatic heterocycles. The van der Waals surface area contributed by atoms with E-state index in [1.807, 2.05) is 13.1 Å². The number of aliphatic hydroxyl groups excluding tert-OH is 1. The number of nitro benzene ring substituents is 1. The number of aromatic nitrogens is 2. The lowest BCUT2D eigenvalue weighted by Crippen LogP contribution is -2.63. The maximum absolute atomic E-state index is 13.4. The van der Waals surface area contributed by atoms with Crippen LogP contribution >= 0.6 is 11.3 Å². The molecule has 0 unspecified atom stereocenters. The van der Waals surface area contributed by atoms with E-state index < -0.39 is 22.9 Å². The summed E-state index contributed by atoms with van der Waals surface area (Å²) < 4.78 is 7.35. The Labute approximate surface area is 214 Å². The van der Waals surface area contributed by atoms with Crippen LogP contribution in [0.3, 0.4) is 0 Å². The lowest BCUT2D eigenvalue weighted by Gasteiger charge is -2.46. The molecule has 2 aromatic heterocycles. The molecule has 2 aliphatic rings. The van der Waals surface area contributed by atoms with Crippen LogP contribution in [0.4, 0.5) is 5.69 Å². The molecule has 0 aliphatic carbocycles. The van der Waals surface area contributed by atoms with E-state index in [0.717, 1.165) is 9.71 Å². The van der Waals surface area contributed by atoms with Crippen molar-refractivity contribution in [2.75, 3.05) is 0 Å². The quantitative estimate of drug-likeness (QED) is 0.141. The molecule has 2 N–H and O–H groups in total. The summed E-state index contributed by atoms with van der Waals surface area (Å²) in [6.07, 6.45) is 3.15. The van der Waals surface area contributed by atoms with Gasteiger partial charge in [0.2, 0.25) is 12.3 Å². The number of nitro groups is 1. The summed E-state index contributed by atoms with van der Waals surface area (Å²) in [7, 11) is 0. The third kappa shape index (κ3) is 4.05. The molecule has 192 valence electrons. The number of rotatable bonds is 9. The Morgan fingerprint density at radius 1 is 1.38 bits per heavy atom. The SMILES string of the molecule is C[C@@H](O)[C@H]1C(=O)N2C(C(=O)OCc3ccc([N+](=O)[O-])cc3)=C(c3cn4cnc(CNC=O)c4s3)[C@H](C)[C@H]12. The number of hydrogen-bond acceptors (Lipinski definition) is 9. The highest BCUT2D eigenvalue weighted by Gasteiger charge is 2.60. The van der Waals surface area contributed by atoms with Crippen LogP contribution in [-0.4, -0.2) is 54.7 Å². The second-order valence-corrected chi connectivity index (χ2v) is 10.0. The van der Waals surface area contributed by atoms with Gasteiger partial charge in [-0.2, -0.15) is 0 Å². The number of nitrogens with zero attached hydrogens (tertiary/aromatic N) is 4. The standard InChI is InChI=1S/C24H23N5O7S/c1-12-18(17-8-27-10-26-16(7-25-11-30)23(27)37-17)21(28-20(12)19(13(2)31)22(28)32)24(33)36-9-14-3-5-15(6-4-14)29(34)35/h3-6,8,10-13,19-20,31H,7,9H2,1-2H3,(H,25,30)/t12-,13+,19+,20+/m0/s1. The van der Waals surface area contributed by atoms with Crippen LogP contribution in [0.5, 0.6) is 0 Å². The maximum atomic E-state index is 13.4. The van der Waals surface area contributed by atoms with Crippen molar-refractivity contribution in [2.45, 2.75) is 39.1 Å². The fourth-order valence-electron chi connectivity index (χ4n) is 5.05. The van der Waals surface area contributed by atoms with E-state index in [9.17, 15) is 29.6 Å². The lowest BCUT2D eigenvalue weighted by molar-refractivity contribution is -0.384. The van der Waals surface area contributed by atoms with Gasteiger partial charge in [0.15, 0.2) is 0 Å². The first-order valence-electron chi connectivity index (χ1n) is 11.5. The van der Waals surface area contributed by atoms with Gasteiger partial charge in [-0.1, -0.05) is 6.92 Å². The number of thiazole rings is 1. The van der Waals surface area contributed by atoms with Gasteiger partial charge in [-0.3, -0.25) is 24.1 Å². The number of β-lactam (4-membered cyclic amide) rings is 1. The van der Waals surface area contributed by atoms with E-state index >= 15 is 0 Å². The summed E-state index contributed by atoms with van der Waals surface area (Å²) in [4.78, 5) is 54.7. The Morgan fingerprint density at radius 3 is 2.76 bits per heavy atom. The topological polar surface area (TPSA) is 156 Å². The average Bonchev–Trinajstić information content (AvgIpc) is 3.51. The van der Waals surface area contributed by atoms with E-state index in [4.69, 9.17) is 4.74 Å². The minimum Gasteiger partial charge on any atom is -0.456 e. The highest BCUT2D eigenvalue weighted by molar-refractivity contribution is 7.18. The molecule has 5 rings (SSSR count). The van der Waals surface area contributed by atoms with Crippen molar-refractivity contribution in [3.8, 4) is 0 Å². The Morgan fingerprint density at radius 2 is 2.11 bits per heavy atom. The zero-order valence-corrected chi connectivity index (χ0v) is 20.7. The number of non-ortho nitro benzene ring substituents is 1. The number of hydrogen-bond donors (Lipinski definition) is 2. The second kappa shape index (κ2) is 9.41. The Hall–Kier alpha value is -4.10. The van der Waals surface area contributed by atoms with Crippen molar-refractivity contribution >= 4 is 45.7 Å². The van der Waals surface area contributed by atoms with Gasteiger partial charge in [0.05, 0.1) is 40.1 Å². The van der Waals surface area contributed by atoms with Crippen LogP contribution in [0.25, 0.3) is 10.4 Å². The van der Waals surface area contributed by atoms with Gasteiger partial charge in [-0.15, -0.1) is 11.3 Å². The van der Waals surface area contributed by atoms with E-state index in [-0.39, 0.29) is 42.4 Å². The smallest absolute Gasteiger partial charge is 0.355 e. The zero-order chi connectivity index (χ0) is 26.4. The lowest BCUT2D eigenvalue weighted by atomic mass is 9.77. The van der Waals surface area contributed by atoms with Crippen molar-refractivity contribution in [2.24, 2.45) is 11.8 Å². The molecule has 0 saturated carbocycles. The monoisotopic (exact) mass is 525 g/mol. The van der Waals surface area contributed by atoms with Crippen molar-refractivity contribution < 1.29 is 29.2 Å². The average molecular weight is 526 g/mol. The number of carbonyl (C=O) groups is 3. The van der Waals surface area contributed by atoms with Gasteiger partial charge >= 0.3 is 5.97 Å². The van der Waals surface area contributed by atoms with Crippen molar-refractivity contribution in [1.82, 2.24) is 19.6 Å². The molecule has 2 amide bonds. The van der Waals surface area contributed by atoms with E-state index in [2.05, 4.69) is 10.3 Å². The van der Waals surface area contributed by atoms with Crippen LogP contribution in [0, 0.1) is 22.0 Å². The Kier molecular flexibility index (Phi) is 6.25. The summed E-state index contributed by atoms with van der Waals surface area (Å²) in [5, 5.41) is 23.7. The minimum atomic E-state index is -0.878. The number of benzene rings is 1. The molecule has 37 heavy (non-hydrogen) atoms. The third-order valence-electron chi connectivity index (χ3n) is 6.78. The normalized spacial score (nSPS) is 21.5. The molecule has 1 fully saturated rings. The van der Waals surface area contributed by atoms with Crippen LogP contribution in [0.1, 0.15) is 30.0 Å². The number of nitrogens with one attached hydrogen (secondary N) is 1. The van der Waals surface area contributed by atoms with Gasteiger partial charge in [-0.05, 0) is 24.6 Å². The molecule has 4 atom stereocenters. The Balaban J connectivity index is 1.49. The summed E-state index contributed by atoms with van der Waals surface area (Å²) in [5.41, 5.74) is 1.92. The number of carbonyl (C=O) groups excluding carboxylic acids is 3. The maximum Gasteiger partial charge on any atom is 0.355 e. The largest absolute Gasteiger partial charge is 0.456 e. The number of fused-ring (bicyclic) bond motifs is 2. The molecule has 1 saturated heterocycles. The predicted molar refractivity (Wildman–Crippen MR) is 131 cm³/mol. The molecule has 0 radical (unpaired) electrons. The number of esters is 1. The molecule has 0 bridgehead atoms. The van der Waals surface area contributed by atoms with Crippen LogP contribution in [-0.2, 0) is 32.3 Å².